The number of nitrogens with one attached hydrogen (secondary N) is 2. The average molecular weight is 192 g/mol. The fourth-order valence-electron chi connectivity index (χ4n) is 1.35. The number of likely N-dealkylation sites (N-methyl/N-ethyl adjacent to an activating group) is 1. The van der Waals surface area contributed by atoms with Crippen molar-refractivity contribution in [3.8, 4) is 0 Å². The minimum Gasteiger partial charge on any atom is -0.376 e. The minimum atomic E-state index is -0.0100. The van der Waals surface area contributed by atoms with E-state index in [4.69, 9.17) is 0 Å². The first-order valence-corrected chi connectivity index (χ1v) is 4.64. The summed E-state index contributed by atoms with van der Waals surface area (Å²) in [6.07, 6.45) is 0. The maximum Gasteiger partial charge on any atom is 0.239 e. The summed E-state index contributed by atoms with van der Waals surface area (Å²) < 4.78 is 0. The van der Waals surface area contributed by atoms with E-state index in [1.54, 1.807) is 7.05 Å². The molecule has 0 fully saturated rings. The van der Waals surface area contributed by atoms with Crippen LogP contribution in [0.3, 0.4) is 0 Å². The standard InChI is InChI=1S/C11H16N2O/c1-8-4-9(2)6-10(5-8)13-7-11(14)12-3/h4-6,13H,7H2,1-3H3,(H,12,14). The van der Waals surface area contributed by atoms with Gasteiger partial charge >= 0.3 is 0 Å². The van der Waals surface area contributed by atoms with Crippen molar-refractivity contribution in [3.63, 3.8) is 0 Å². The summed E-state index contributed by atoms with van der Waals surface area (Å²) in [4.78, 5) is 11.0. The second kappa shape index (κ2) is 4.65. The third-order valence-electron chi connectivity index (χ3n) is 1.95. The number of hydrogen-bond donors (Lipinski definition) is 2. The molecule has 0 spiro atoms. The molecule has 0 aliphatic heterocycles. The predicted octanol–water partition coefficient (Wildman–Crippen LogP) is 1.46. The van der Waals surface area contributed by atoms with E-state index in [2.05, 4.69) is 16.7 Å². The number of carbonyl (C=O) groups is 1. The highest BCUT2D eigenvalue weighted by Crippen LogP contribution is 2.12. The summed E-state index contributed by atoms with van der Waals surface area (Å²) in [7, 11) is 1.63. The van der Waals surface area contributed by atoms with Crippen molar-refractivity contribution < 1.29 is 4.79 Å². The highest BCUT2D eigenvalue weighted by Gasteiger charge is 1.98. The lowest BCUT2D eigenvalue weighted by atomic mass is 10.1. The molecule has 0 atom stereocenters. The number of aryl methyl sites for hydroxylation is 2. The Labute approximate surface area is 84.5 Å². The van der Waals surface area contributed by atoms with E-state index in [1.807, 2.05) is 26.0 Å². The normalized spacial score (nSPS) is 9.64. The Morgan fingerprint density at radius 3 is 2.29 bits per heavy atom. The first-order valence-electron chi connectivity index (χ1n) is 4.64. The SMILES string of the molecule is CNC(=O)CNc1cc(C)cc(C)c1. The van der Waals surface area contributed by atoms with E-state index in [-0.39, 0.29) is 5.91 Å². The monoisotopic (exact) mass is 192 g/mol. The van der Waals surface area contributed by atoms with Crippen LogP contribution >= 0.6 is 0 Å². The van der Waals surface area contributed by atoms with Gasteiger partial charge in [0.2, 0.25) is 5.91 Å². The number of carbonyl (C=O) groups excluding carboxylic acids is 1. The largest absolute Gasteiger partial charge is 0.376 e. The van der Waals surface area contributed by atoms with Crippen molar-refractivity contribution in [2.24, 2.45) is 0 Å². The molecule has 0 aliphatic carbocycles. The molecular formula is C11H16N2O. The van der Waals surface area contributed by atoms with Gasteiger partial charge in [-0.25, -0.2) is 0 Å². The average Bonchev–Trinajstić information content (AvgIpc) is 2.12. The Balaban J connectivity index is 2.63. The molecule has 0 bridgehead atoms. The second-order valence-corrected chi connectivity index (χ2v) is 3.40. The van der Waals surface area contributed by atoms with Crippen LogP contribution in [0.2, 0.25) is 0 Å². The van der Waals surface area contributed by atoms with Crippen LogP contribution in [-0.2, 0) is 4.79 Å². The Morgan fingerprint density at radius 1 is 1.21 bits per heavy atom. The van der Waals surface area contributed by atoms with E-state index >= 15 is 0 Å². The third kappa shape index (κ3) is 3.09. The van der Waals surface area contributed by atoms with Crippen LogP contribution in [0.4, 0.5) is 5.69 Å². The molecule has 3 heteroatoms. The first kappa shape index (κ1) is 10.6. The fraction of sp³-hybridized carbons (Fsp3) is 0.364. The van der Waals surface area contributed by atoms with Crippen LogP contribution in [0.1, 0.15) is 11.1 Å². The molecule has 0 unspecified atom stereocenters. The quantitative estimate of drug-likeness (QED) is 0.761. The molecule has 1 rings (SSSR count). The lowest BCUT2D eigenvalue weighted by Gasteiger charge is -2.07. The van der Waals surface area contributed by atoms with Crippen LogP contribution in [0.25, 0.3) is 0 Å². The van der Waals surface area contributed by atoms with Gasteiger partial charge in [-0.15, -0.1) is 0 Å². The molecule has 0 saturated carbocycles. The van der Waals surface area contributed by atoms with Gasteiger partial charge in [0.25, 0.3) is 0 Å². The van der Waals surface area contributed by atoms with Gasteiger partial charge in [-0.1, -0.05) is 6.07 Å². The van der Waals surface area contributed by atoms with Crippen LogP contribution in [0, 0.1) is 13.8 Å². The van der Waals surface area contributed by atoms with Crippen LogP contribution in [0.15, 0.2) is 18.2 Å². The Hall–Kier alpha value is -1.51. The molecule has 1 amide bonds. The highest BCUT2D eigenvalue weighted by atomic mass is 16.1. The number of rotatable bonds is 3. The summed E-state index contributed by atoms with van der Waals surface area (Å²) in [6.45, 7) is 4.40. The number of hydrogen-bond acceptors (Lipinski definition) is 2. The van der Waals surface area contributed by atoms with Crippen molar-refractivity contribution in [2.75, 3.05) is 18.9 Å². The topological polar surface area (TPSA) is 41.1 Å². The Kier molecular flexibility index (Phi) is 3.51. The van der Waals surface area contributed by atoms with Gasteiger partial charge in [-0.3, -0.25) is 4.79 Å². The van der Waals surface area contributed by atoms with Gasteiger partial charge in [-0.2, -0.15) is 0 Å². The predicted molar refractivity (Wildman–Crippen MR) is 58.5 cm³/mol. The molecule has 14 heavy (non-hydrogen) atoms. The van der Waals surface area contributed by atoms with Crippen molar-refractivity contribution in [2.45, 2.75) is 13.8 Å². The van der Waals surface area contributed by atoms with Crippen LogP contribution in [-0.4, -0.2) is 19.5 Å². The maximum atomic E-state index is 11.0. The molecule has 1 aromatic carbocycles. The lowest BCUT2D eigenvalue weighted by Crippen LogP contribution is -2.26. The smallest absolute Gasteiger partial charge is 0.239 e. The van der Waals surface area contributed by atoms with Crippen LogP contribution in [0.5, 0.6) is 0 Å². The van der Waals surface area contributed by atoms with E-state index in [9.17, 15) is 4.79 Å². The van der Waals surface area contributed by atoms with Crippen molar-refractivity contribution in [1.29, 1.82) is 0 Å². The highest BCUT2D eigenvalue weighted by molar-refractivity contribution is 5.80. The summed E-state index contributed by atoms with van der Waals surface area (Å²) in [5.74, 6) is -0.0100. The molecule has 0 aliphatic rings. The molecule has 3 nitrogen and oxygen atoms in total. The van der Waals surface area contributed by atoms with Crippen LogP contribution < -0.4 is 10.6 Å². The Morgan fingerprint density at radius 2 is 1.79 bits per heavy atom. The molecular weight excluding hydrogens is 176 g/mol. The van der Waals surface area contributed by atoms with E-state index in [0.29, 0.717) is 6.54 Å². The van der Waals surface area contributed by atoms with E-state index in [0.717, 1.165) is 5.69 Å². The number of amides is 1. The third-order valence-corrected chi connectivity index (χ3v) is 1.95. The summed E-state index contributed by atoms with van der Waals surface area (Å²) in [5, 5.41) is 5.63. The van der Waals surface area contributed by atoms with Crippen molar-refractivity contribution in [3.05, 3.63) is 29.3 Å². The molecule has 2 N–H and O–H groups in total. The second-order valence-electron chi connectivity index (χ2n) is 3.40. The Bertz CT molecular complexity index is 314. The molecule has 0 aromatic heterocycles. The molecule has 0 heterocycles. The van der Waals surface area contributed by atoms with Crippen molar-refractivity contribution in [1.82, 2.24) is 5.32 Å². The molecule has 0 saturated heterocycles. The molecule has 1 aromatic rings. The van der Waals surface area contributed by atoms with Gasteiger partial charge < -0.3 is 10.6 Å². The maximum absolute atomic E-state index is 11.0. The zero-order valence-corrected chi connectivity index (χ0v) is 8.85. The molecule has 0 radical (unpaired) electrons. The number of benzene rings is 1. The number of anilines is 1. The van der Waals surface area contributed by atoms with Gasteiger partial charge in [0.05, 0.1) is 6.54 Å². The molecule has 76 valence electrons. The van der Waals surface area contributed by atoms with E-state index < -0.39 is 0 Å². The van der Waals surface area contributed by atoms with Gasteiger partial charge in [0.1, 0.15) is 0 Å². The van der Waals surface area contributed by atoms with Crippen molar-refractivity contribution >= 4 is 11.6 Å². The zero-order chi connectivity index (χ0) is 10.6. The summed E-state index contributed by atoms with van der Waals surface area (Å²) in [5.41, 5.74) is 3.39. The lowest BCUT2D eigenvalue weighted by molar-refractivity contribution is -0.118. The minimum absolute atomic E-state index is 0.0100. The zero-order valence-electron chi connectivity index (χ0n) is 8.85. The first-order chi connectivity index (χ1) is 6.61. The van der Waals surface area contributed by atoms with Gasteiger partial charge in [0, 0.05) is 12.7 Å². The fourth-order valence-corrected chi connectivity index (χ4v) is 1.35. The summed E-state index contributed by atoms with van der Waals surface area (Å²) in [6, 6.07) is 6.15. The van der Waals surface area contributed by atoms with E-state index in [1.165, 1.54) is 11.1 Å². The van der Waals surface area contributed by atoms with Gasteiger partial charge in [-0.05, 0) is 37.1 Å². The van der Waals surface area contributed by atoms with Gasteiger partial charge in [0.15, 0.2) is 0 Å². The summed E-state index contributed by atoms with van der Waals surface area (Å²) >= 11 is 0.